The molecule has 0 atom stereocenters. The van der Waals surface area contributed by atoms with Crippen molar-refractivity contribution in [2.24, 2.45) is 0 Å². The fraction of sp³-hybridized carbons (Fsp3) is 0.321. The maximum absolute atomic E-state index is 13.7. The molecule has 0 radical (unpaired) electrons. The number of rotatable bonds is 6. The zero-order chi connectivity index (χ0) is 25.4. The number of nitrogens with zero attached hydrogens (tertiary/aromatic N) is 5. The van der Waals surface area contributed by atoms with Gasteiger partial charge in [0.25, 0.3) is 5.91 Å². The van der Waals surface area contributed by atoms with Gasteiger partial charge in [-0.3, -0.25) is 4.79 Å². The Balaban J connectivity index is 1.53. The van der Waals surface area contributed by atoms with Crippen LogP contribution in [0.25, 0.3) is 22.3 Å². The number of anilines is 1. The molecule has 0 N–H and O–H groups in total. The van der Waals surface area contributed by atoms with E-state index in [0.717, 1.165) is 28.0 Å². The van der Waals surface area contributed by atoms with Gasteiger partial charge in [-0.1, -0.05) is 12.1 Å². The van der Waals surface area contributed by atoms with Crippen LogP contribution in [0.1, 0.15) is 35.8 Å². The molecule has 36 heavy (non-hydrogen) atoms. The van der Waals surface area contributed by atoms with Crippen molar-refractivity contribution in [2.45, 2.75) is 26.4 Å². The molecule has 8 nitrogen and oxygen atoms in total. The SMILES string of the molecule is CC(C)n1ncc2c(C(=O)N(C)Cc3ccc(N(C)C)cc3)cc(-c3ccc4c(c3)OCCO4)nc21. The van der Waals surface area contributed by atoms with Crippen LogP contribution in [-0.4, -0.2) is 59.9 Å². The molecule has 0 saturated carbocycles. The van der Waals surface area contributed by atoms with E-state index < -0.39 is 0 Å². The van der Waals surface area contributed by atoms with E-state index in [0.29, 0.717) is 42.4 Å². The van der Waals surface area contributed by atoms with Gasteiger partial charge in [0.05, 0.1) is 22.8 Å². The summed E-state index contributed by atoms with van der Waals surface area (Å²) in [5.74, 6) is 1.32. The van der Waals surface area contributed by atoms with Crippen molar-refractivity contribution in [1.82, 2.24) is 19.7 Å². The lowest BCUT2D eigenvalue weighted by molar-refractivity contribution is 0.0787. The molecule has 2 aromatic heterocycles. The van der Waals surface area contributed by atoms with Gasteiger partial charge in [-0.05, 0) is 55.8 Å². The first kappa shape index (κ1) is 23.7. The summed E-state index contributed by atoms with van der Waals surface area (Å²) in [7, 11) is 5.84. The molecule has 0 bridgehead atoms. The first-order valence-corrected chi connectivity index (χ1v) is 12.1. The number of aromatic nitrogens is 3. The minimum atomic E-state index is -0.0822. The summed E-state index contributed by atoms with van der Waals surface area (Å²) in [5, 5.41) is 5.29. The minimum Gasteiger partial charge on any atom is -0.486 e. The third kappa shape index (κ3) is 4.46. The lowest BCUT2D eigenvalue weighted by Gasteiger charge is -2.20. The molecule has 1 aliphatic heterocycles. The molecule has 1 aliphatic rings. The zero-order valence-corrected chi connectivity index (χ0v) is 21.4. The molecular formula is C28H31N5O3. The van der Waals surface area contributed by atoms with Crippen LogP contribution in [0.15, 0.2) is 54.7 Å². The first-order chi connectivity index (χ1) is 17.3. The molecule has 186 valence electrons. The summed E-state index contributed by atoms with van der Waals surface area (Å²) >= 11 is 0. The quantitative estimate of drug-likeness (QED) is 0.391. The van der Waals surface area contributed by atoms with Crippen LogP contribution in [-0.2, 0) is 6.54 Å². The number of pyridine rings is 1. The Labute approximate surface area is 211 Å². The minimum absolute atomic E-state index is 0.0822. The largest absolute Gasteiger partial charge is 0.486 e. The fourth-order valence-corrected chi connectivity index (χ4v) is 4.37. The van der Waals surface area contributed by atoms with Gasteiger partial charge in [0.2, 0.25) is 0 Å². The predicted molar refractivity (Wildman–Crippen MR) is 141 cm³/mol. The molecule has 2 aromatic carbocycles. The standard InChI is InChI=1S/C28H31N5O3/c1-18(2)33-27-23(16-29-33)22(28(34)32(5)17-19-6-9-21(10-7-19)31(3)4)15-24(30-27)20-8-11-25-26(14-20)36-13-12-35-25/h6-11,14-16,18H,12-13,17H2,1-5H3. The molecule has 8 heteroatoms. The average Bonchev–Trinajstić information content (AvgIpc) is 3.32. The van der Waals surface area contributed by atoms with Crippen LogP contribution in [0.3, 0.4) is 0 Å². The molecule has 3 heterocycles. The highest BCUT2D eigenvalue weighted by molar-refractivity contribution is 6.06. The molecule has 0 unspecified atom stereocenters. The van der Waals surface area contributed by atoms with Crippen LogP contribution < -0.4 is 14.4 Å². The second-order valence-corrected chi connectivity index (χ2v) is 9.56. The van der Waals surface area contributed by atoms with Gasteiger partial charge in [-0.25, -0.2) is 9.67 Å². The number of carbonyl (C=O) groups is 1. The Bertz CT molecular complexity index is 1410. The van der Waals surface area contributed by atoms with E-state index >= 15 is 0 Å². The molecule has 0 fully saturated rings. The number of hydrogen-bond acceptors (Lipinski definition) is 6. The van der Waals surface area contributed by atoms with Crippen LogP contribution in [0.5, 0.6) is 11.5 Å². The number of hydrogen-bond donors (Lipinski definition) is 0. The molecular weight excluding hydrogens is 454 g/mol. The van der Waals surface area contributed by atoms with Gasteiger partial charge in [-0.2, -0.15) is 5.10 Å². The maximum Gasteiger partial charge on any atom is 0.254 e. The summed E-state index contributed by atoms with van der Waals surface area (Å²) < 4.78 is 13.3. The Hall–Kier alpha value is -4.07. The molecule has 1 amide bonds. The molecule has 4 aromatic rings. The molecule has 0 aliphatic carbocycles. The summed E-state index contributed by atoms with van der Waals surface area (Å²) in [4.78, 5) is 22.4. The van der Waals surface area contributed by atoms with E-state index in [1.165, 1.54) is 0 Å². The Morgan fingerprint density at radius 2 is 1.72 bits per heavy atom. The van der Waals surface area contributed by atoms with E-state index in [1.807, 2.05) is 50.1 Å². The molecule has 5 rings (SSSR count). The van der Waals surface area contributed by atoms with Crippen LogP contribution in [0.4, 0.5) is 5.69 Å². The van der Waals surface area contributed by atoms with E-state index in [-0.39, 0.29) is 11.9 Å². The maximum atomic E-state index is 13.7. The van der Waals surface area contributed by atoms with Crippen molar-refractivity contribution < 1.29 is 14.3 Å². The van der Waals surface area contributed by atoms with Gasteiger partial charge >= 0.3 is 0 Å². The lowest BCUT2D eigenvalue weighted by Crippen LogP contribution is -2.26. The van der Waals surface area contributed by atoms with E-state index in [9.17, 15) is 4.79 Å². The zero-order valence-electron chi connectivity index (χ0n) is 21.4. The number of benzene rings is 2. The molecule has 0 spiro atoms. The van der Waals surface area contributed by atoms with Gasteiger partial charge in [0.1, 0.15) is 13.2 Å². The van der Waals surface area contributed by atoms with E-state index in [4.69, 9.17) is 14.5 Å². The summed E-state index contributed by atoms with van der Waals surface area (Å²) in [6, 6.07) is 15.9. The van der Waals surface area contributed by atoms with Gasteiger partial charge < -0.3 is 19.3 Å². The van der Waals surface area contributed by atoms with Gasteiger partial charge in [-0.15, -0.1) is 0 Å². The summed E-state index contributed by atoms with van der Waals surface area (Å²) in [6.07, 6.45) is 1.74. The average molecular weight is 486 g/mol. The smallest absolute Gasteiger partial charge is 0.254 e. The van der Waals surface area contributed by atoms with Crippen molar-refractivity contribution >= 4 is 22.6 Å². The first-order valence-electron chi connectivity index (χ1n) is 12.1. The second-order valence-electron chi connectivity index (χ2n) is 9.56. The number of amides is 1. The summed E-state index contributed by atoms with van der Waals surface area (Å²) in [6.45, 7) is 5.64. The highest BCUT2D eigenvalue weighted by Gasteiger charge is 2.22. The van der Waals surface area contributed by atoms with Crippen LogP contribution >= 0.6 is 0 Å². The Morgan fingerprint density at radius 1 is 1.00 bits per heavy atom. The highest BCUT2D eigenvalue weighted by atomic mass is 16.6. The van der Waals surface area contributed by atoms with Crippen molar-refractivity contribution in [3.63, 3.8) is 0 Å². The number of carbonyl (C=O) groups excluding carboxylic acids is 1. The topological polar surface area (TPSA) is 72.7 Å². The highest BCUT2D eigenvalue weighted by Crippen LogP contribution is 2.35. The summed E-state index contributed by atoms with van der Waals surface area (Å²) in [5.41, 5.74) is 4.98. The fourth-order valence-electron chi connectivity index (χ4n) is 4.37. The third-order valence-electron chi connectivity index (χ3n) is 6.34. The number of ether oxygens (including phenoxy) is 2. The Kier molecular flexibility index (Phi) is 6.26. The predicted octanol–water partition coefficient (Wildman–Crippen LogP) is 4.79. The second kappa shape index (κ2) is 9.53. The normalized spacial score (nSPS) is 12.7. The van der Waals surface area contributed by atoms with E-state index in [1.54, 1.807) is 11.1 Å². The monoisotopic (exact) mass is 485 g/mol. The lowest BCUT2D eigenvalue weighted by atomic mass is 10.0. The van der Waals surface area contributed by atoms with Crippen molar-refractivity contribution in [2.75, 3.05) is 39.3 Å². The van der Waals surface area contributed by atoms with Crippen LogP contribution in [0, 0.1) is 0 Å². The van der Waals surface area contributed by atoms with Crippen molar-refractivity contribution in [1.29, 1.82) is 0 Å². The third-order valence-corrected chi connectivity index (χ3v) is 6.34. The van der Waals surface area contributed by atoms with Gasteiger partial charge in [0, 0.05) is 45.0 Å². The molecule has 0 saturated heterocycles. The van der Waals surface area contributed by atoms with Crippen molar-refractivity contribution in [3.8, 4) is 22.8 Å². The van der Waals surface area contributed by atoms with E-state index in [2.05, 4.69) is 48.1 Å². The van der Waals surface area contributed by atoms with Crippen molar-refractivity contribution in [3.05, 3.63) is 65.9 Å². The van der Waals surface area contributed by atoms with Gasteiger partial charge in [0.15, 0.2) is 17.1 Å². The Morgan fingerprint density at radius 3 is 2.42 bits per heavy atom. The number of fused-ring (bicyclic) bond motifs is 2. The van der Waals surface area contributed by atoms with Crippen LogP contribution in [0.2, 0.25) is 0 Å².